The molecule has 0 unspecified atom stereocenters. The maximum Gasteiger partial charge on any atom is 0.0774 e. The van der Waals surface area contributed by atoms with Gasteiger partial charge in [-0.1, -0.05) is 152 Å². The van der Waals surface area contributed by atoms with Crippen molar-refractivity contribution in [2.24, 2.45) is 0 Å². The molecule has 0 N–H and O–H groups in total. The van der Waals surface area contributed by atoms with Crippen molar-refractivity contribution in [2.45, 2.75) is 52.4 Å². The van der Waals surface area contributed by atoms with Crippen molar-refractivity contribution in [3.05, 3.63) is 168 Å². The molecule has 1 heterocycles. The summed E-state index contributed by atoms with van der Waals surface area (Å²) in [5.41, 5.74) is 9.61. The van der Waals surface area contributed by atoms with Gasteiger partial charge in [-0.25, -0.2) is 0 Å². The molecule has 0 saturated heterocycles. The Hall–Kier alpha value is -4.49. The number of allylic oxidation sites excluding steroid dienone is 8. The zero-order chi connectivity index (χ0) is 30.5. The maximum absolute atomic E-state index is 4.68. The van der Waals surface area contributed by atoms with Gasteiger partial charge < -0.3 is 0 Å². The standard InChI is InChI=1S/C41H43N/c1-10-32(28-30(3)39-38-14-12-11-13-34(38)25-26-42-39)35(18-15-31-16-21-36(22-17-31)40(4,5)6)27-29(2)33-19-23-37(24-20-33)41(7,8)9/h10-28H,1-3H2,4-9H3/b18-15+,32-28+,35-27+. The predicted octanol–water partition coefficient (Wildman–Crippen LogP) is 11.3. The Bertz CT molecular complexity index is 1680. The van der Waals surface area contributed by atoms with E-state index in [1.165, 1.54) is 11.1 Å². The molecule has 0 amide bonds. The summed E-state index contributed by atoms with van der Waals surface area (Å²) in [6.45, 7) is 26.4. The first-order valence-corrected chi connectivity index (χ1v) is 14.5. The molecule has 0 atom stereocenters. The Kier molecular flexibility index (Phi) is 9.12. The number of fused-ring (bicyclic) bond motifs is 1. The molecule has 0 fully saturated rings. The van der Waals surface area contributed by atoms with Gasteiger partial charge >= 0.3 is 0 Å². The molecule has 0 bridgehead atoms. The van der Waals surface area contributed by atoms with Gasteiger partial charge in [0.15, 0.2) is 0 Å². The molecule has 1 nitrogen and oxygen atoms in total. The van der Waals surface area contributed by atoms with Crippen molar-refractivity contribution in [1.82, 2.24) is 4.98 Å². The average molecular weight is 550 g/mol. The molecule has 0 radical (unpaired) electrons. The first-order valence-electron chi connectivity index (χ1n) is 14.5. The van der Waals surface area contributed by atoms with Gasteiger partial charge in [0.2, 0.25) is 0 Å². The molecule has 4 rings (SSSR count). The van der Waals surface area contributed by atoms with E-state index in [0.717, 1.165) is 49.9 Å². The predicted molar refractivity (Wildman–Crippen MR) is 185 cm³/mol. The van der Waals surface area contributed by atoms with Gasteiger partial charge in [-0.15, -0.1) is 0 Å². The van der Waals surface area contributed by atoms with Crippen molar-refractivity contribution in [2.75, 3.05) is 0 Å². The van der Waals surface area contributed by atoms with Crippen LogP contribution in [-0.2, 0) is 10.8 Å². The van der Waals surface area contributed by atoms with Gasteiger partial charge in [0.1, 0.15) is 0 Å². The van der Waals surface area contributed by atoms with Crippen molar-refractivity contribution in [3.8, 4) is 0 Å². The normalized spacial score (nSPS) is 13.0. The molecule has 0 aliphatic rings. The molecule has 0 aliphatic heterocycles. The summed E-state index contributed by atoms with van der Waals surface area (Å²) in [6.07, 6.45) is 12.2. The van der Waals surface area contributed by atoms with E-state index in [-0.39, 0.29) is 10.8 Å². The van der Waals surface area contributed by atoms with Crippen LogP contribution in [-0.4, -0.2) is 4.98 Å². The molecule has 0 aliphatic carbocycles. The fourth-order valence-electron chi connectivity index (χ4n) is 4.85. The number of hydrogen-bond donors (Lipinski definition) is 0. The Morgan fingerprint density at radius 3 is 1.83 bits per heavy atom. The monoisotopic (exact) mass is 549 g/mol. The third kappa shape index (κ3) is 7.42. The Morgan fingerprint density at radius 1 is 0.667 bits per heavy atom. The zero-order valence-electron chi connectivity index (χ0n) is 26.0. The van der Waals surface area contributed by atoms with E-state index in [1.807, 2.05) is 30.5 Å². The number of pyridine rings is 1. The Morgan fingerprint density at radius 2 is 1.24 bits per heavy atom. The minimum Gasteiger partial charge on any atom is -0.256 e. The molecule has 3 aromatic carbocycles. The second-order valence-corrected chi connectivity index (χ2v) is 12.9. The molecular weight excluding hydrogens is 506 g/mol. The van der Waals surface area contributed by atoms with E-state index < -0.39 is 0 Å². The van der Waals surface area contributed by atoms with Crippen LogP contribution in [0.3, 0.4) is 0 Å². The molecule has 0 saturated carbocycles. The minimum atomic E-state index is 0.0981. The SMILES string of the molecule is C=CC(=C\C(=C)c1nccc2ccccc12)/C(/C=C/c1ccc(C(C)(C)C)cc1)=C/C(=C)c1ccc(C(C)(C)C)cc1. The number of nitrogens with zero attached hydrogens (tertiary/aromatic N) is 1. The lowest BCUT2D eigenvalue weighted by atomic mass is 9.86. The van der Waals surface area contributed by atoms with E-state index in [2.05, 4.69) is 151 Å². The highest BCUT2D eigenvalue weighted by Crippen LogP contribution is 2.29. The summed E-state index contributed by atoms with van der Waals surface area (Å²) in [4.78, 5) is 4.68. The number of benzene rings is 3. The van der Waals surface area contributed by atoms with Gasteiger partial charge in [0.05, 0.1) is 5.69 Å². The van der Waals surface area contributed by atoms with Crippen molar-refractivity contribution < 1.29 is 0 Å². The van der Waals surface area contributed by atoms with Gasteiger partial charge in [-0.3, -0.25) is 4.98 Å². The van der Waals surface area contributed by atoms with E-state index in [4.69, 9.17) is 0 Å². The highest BCUT2D eigenvalue weighted by Gasteiger charge is 2.14. The largest absolute Gasteiger partial charge is 0.256 e. The average Bonchev–Trinajstić information content (AvgIpc) is 2.97. The van der Waals surface area contributed by atoms with Crippen LogP contribution in [0.2, 0.25) is 0 Å². The van der Waals surface area contributed by atoms with E-state index >= 15 is 0 Å². The second kappa shape index (κ2) is 12.6. The van der Waals surface area contributed by atoms with Gasteiger partial charge in [0.25, 0.3) is 0 Å². The first kappa shape index (κ1) is 30.5. The molecule has 212 valence electrons. The lowest BCUT2D eigenvalue weighted by molar-refractivity contribution is 0.590. The van der Waals surface area contributed by atoms with Crippen LogP contribution in [0.15, 0.2) is 140 Å². The lowest BCUT2D eigenvalue weighted by Gasteiger charge is -2.19. The summed E-state index contributed by atoms with van der Waals surface area (Å²) in [7, 11) is 0. The van der Waals surface area contributed by atoms with Crippen LogP contribution >= 0.6 is 0 Å². The molecule has 42 heavy (non-hydrogen) atoms. The van der Waals surface area contributed by atoms with Crippen molar-refractivity contribution in [1.29, 1.82) is 0 Å². The number of aromatic nitrogens is 1. The van der Waals surface area contributed by atoms with Gasteiger partial charge in [-0.05, 0) is 79.0 Å². The maximum atomic E-state index is 4.68. The molecule has 1 heteroatoms. The van der Waals surface area contributed by atoms with Crippen LogP contribution in [0.1, 0.15) is 69.5 Å². The van der Waals surface area contributed by atoms with Crippen molar-refractivity contribution in [3.63, 3.8) is 0 Å². The fraction of sp³-hybridized carbons (Fsp3) is 0.195. The summed E-state index contributed by atoms with van der Waals surface area (Å²) >= 11 is 0. The third-order valence-electron chi connectivity index (χ3n) is 7.54. The highest BCUT2D eigenvalue weighted by molar-refractivity contribution is 5.94. The minimum absolute atomic E-state index is 0.0981. The third-order valence-corrected chi connectivity index (χ3v) is 7.54. The first-order chi connectivity index (χ1) is 19.9. The van der Waals surface area contributed by atoms with Crippen LogP contribution in [0.5, 0.6) is 0 Å². The van der Waals surface area contributed by atoms with Gasteiger partial charge in [0, 0.05) is 11.6 Å². The summed E-state index contributed by atoms with van der Waals surface area (Å²) in [5.74, 6) is 0. The lowest BCUT2D eigenvalue weighted by Crippen LogP contribution is -2.10. The molecule has 1 aromatic heterocycles. The molecule has 4 aromatic rings. The summed E-state index contributed by atoms with van der Waals surface area (Å²) < 4.78 is 0. The van der Waals surface area contributed by atoms with Gasteiger partial charge in [-0.2, -0.15) is 0 Å². The Balaban J connectivity index is 1.75. The van der Waals surface area contributed by atoms with Crippen LogP contribution in [0.25, 0.3) is 28.0 Å². The summed E-state index contributed by atoms with van der Waals surface area (Å²) in [5, 5.41) is 2.21. The quantitative estimate of drug-likeness (QED) is 0.199. The highest BCUT2D eigenvalue weighted by atomic mass is 14.7. The van der Waals surface area contributed by atoms with Crippen LogP contribution in [0, 0.1) is 0 Å². The zero-order valence-corrected chi connectivity index (χ0v) is 26.0. The topological polar surface area (TPSA) is 12.9 Å². The summed E-state index contributed by atoms with van der Waals surface area (Å²) in [6, 6.07) is 27.7. The van der Waals surface area contributed by atoms with Crippen molar-refractivity contribution >= 4 is 28.0 Å². The number of hydrogen-bond acceptors (Lipinski definition) is 1. The number of rotatable bonds is 8. The van der Waals surface area contributed by atoms with E-state index in [9.17, 15) is 0 Å². The smallest absolute Gasteiger partial charge is 0.0774 e. The van der Waals surface area contributed by atoms with Crippen LogP contribution < -0.4 is 0 Å². The molecular formula is C41H43N. The Labute approximate surface area is 253 Å². The van der Waals surface area contributed by atoms with Crippen LogP contribution in [0.4, 0.5) is 0 Å². The molecule has 0 spiro atoms. The second-order valence-electron chi connectivity index (χ2n) is 12.9. The van der Waals surface area contributed by atoms with E-state index in [0.29, 0.717) is 0 Å². The van der Waals surface area contributed by atoms with E-state index in [1.54, 1.807) is 0 Å². The fourth-order valence-corrected chi connectivity index (χ4v) is 4.85.